The van der Waals surface area contributed by atoms with Crippen molar-refractivity contribution in [2.24, 2.45) is 35.3 Å². The molecule has 9 rings (SSSR count). The lowest BCUT2D eigenvalue weighted by Gasteiger charge is -2.42. The highest BCUT2D eigenvalue weighted by molar-refractivity contribution is 6.39. The van der Waals surface area contributed by atoms with E-state index in [0.717, 1.165) is 39.9 Å². The number of hydrogen-bond acceptors (Lipinski definition) is 31. The summed E-state index contributed by atoms with van der Waals surface area (Å²) < 4.78 is 88.0. The van der Waals surface area contributed by atoms with Gasteiger partial charge in [-0.3, -0.25) is 24.0 Å². The topological polar surface area (TPSA) is 461 Å². The van der Waals surface area contributed by atoms with Gasteiger partial charge in [0.05, 0.1) is 168 Å². The Kier molecular flexibility index (Phi) is 43.5. The number of aromatic amines is 1. The predicted molar refractivity (Wildman–Crippen MR) is 464 cm³/mol. The molecule has 4 fully saturated rings. The summed E-state index contributed by atoms with van der Waals surface area (Å²) in [5.74, 6) is -8.89. The average molecular weight is 1770 g/mol. The Morgan fingerprint density at radius 2 is 1.30 bits per heavy atom. The molecule has 4 aromatic rings. The van der Waals surface area contributed by atoms with Crippen LogP contribution in [0.4, 0.5) is 10.6 Å². The minimum Gasteiger partial charge on any atom is -0.459 e. The number of aromatic nitrogens is 6. The van der Waals surface area contributed by atoms with Gasteiger partial charge >= 0.3 is 12.1 Å². The first-order valence-electron chi connectivity index (χ1n) is 44.7. The number of cyclic esters (lactones) is 1. The number of methoxy groups -OCH3 is 2. The monoisotopic (exact) mass is 1770 g/mol. The molecule has 702 valence electrons. The quantitative estimate of drug-likeness (QED) is 0.0106. The molecule has 15 atom stereocenters. The average Bonchev–Trinajstić information content (AvgIpc) is 1.78. The van der Waals surface area contributed by atoms with Gasteiger partial charge in [0, 0.05) is 100 Å². The van der Waals surface area contributed by atoms with Crippen LogP contribution in [0.3, 0.4) is 0 Å². The van der Waals surface area contributed by atoms with E-state index >= 15 is 0 Å². The van der Waals surface area contributed by atoms with Gasteiger partial charge < -0.3 is 118 Å². The molecular formula is C90H137N11O25. The molecular weight excluding hydrogens is 1640 g/mol. The number of carbonyl (C=O) groups excluding carboxylic acids is 7. The molecule has 0 aromatic carbocycles. The van der Waals surface area contributed by atoms with Gasteiger partial charge in [0.15, 0.2) is 11.4 Å². The van der Waals surface area contributed by atoms with E-state index in [4.69, 9.17) is 87.6 Å². The summed E-state index contributed by atoms with van der Waals surface area (Å²) >= 11 is 0. The Labute approximate surface area is 738 Å². The number of aliphatic hydroxyl groups is 3. The summed E-state index contributed by atoms with van der Waals surface area (Å²) in [7, 11) is 3.06. The predicted octanol–water partition coefficient (Wildman–Crippen LogP) is 6.64. The van der Waals surface area contributed by atoms with E-state index in [2.05, 4.69) is 25.3 Å². The smallest absolute Gasteiger partial charge is 0.407 e. The van der Waals surface area contributed by atoms with Crippen LogP contribution in [-0.2, 0) is 99.8 Å². The minimum atomic E-state index is -2.51. The Bertz CT molecular complexity index is 4150. The number of nitrogens with two attached hydrogens (primary N) is 2. The summed E-state index contributed by atoms with van der Waals surface area (Å²) in [6, 6.07) is 1.77. The third-order valence-electron chi connectivity index (χ3n) is 23.9. The fraction of sp³-hybridized carbons (Fsp3) is 0.700. The molecule has 0 spiro atoms. The summed E-state index contributed by atoms with van der Waals surface area (Å²) in [6.45, 7) is 19.1. The van der Waals surface area contributed by atoms with Gasteiger partial charge in [-0.1, -0.05) is 64.2 Å². The van der Waals surface area contributed by atoms with E-state index in [1.54, 1.807) is 34.1 Å². The molecule has 1 saturated carbocycles. The van der Waals surface area contributed by atoms with E-state index in [-0.39, 0.29) is 81.3 Å². The number of alkyl carbamates (subject to hydrolysis) is 1. The van der Waals surface area contributed by atoms with Crippen LogP contribution in [0.1, 0.15) is 144 Å². The second-order valence-corrected chi connectivity index (χ2v) is 33.2. The number of hydrogen-bond donors (Lipinski definition) is 7. The Hall–Kier alpha value is -7.99. The summed E-state index contributed by atoms with van der Waals surface area (Å²) in [4.78, 5) is 117. The SMILES string of the molecule is CO[C@H]1C[C@@H]2CC[C@@H](C)[C@@](O)(O2)C(=O)C(=O)N2CCCC[C@H]2C(=O)O[C@H]([C@H](N)C[C@@H]2CC[C@@H](OC(=O)NCCOCCOCCOCCOCCOCCOCCOCCOCCOCCOCCC(=O)N3CCC(n4nc(-c5cnc6[nH]ccc6c5)c5c(N)ncnc54)CC3)[C@H](OC)C2)CC(=O)[C@H](C)/C=C(\C)[C@@H](O)[C@@H](O)C(=O)[C@H](C)C[C@H](C)/C=C/C=C/C=C/1C. The Morgan fingerprint density at radius 1 is 0.683 bits per heavy atom. The van der Waals surface area contributed by atoms with Crippen molar-refractivity contribution >= 4 is 69.1 Å². The van der Waals surface area contributed by atoms with Crippen LogP contribution >= 0.6 is 0 Å². The molecule has 9 N–H and O–H groups in total. The highest BCUT2D eigenvalue weighted by atomic mass is 16.6. The number of nitrogens with one attached hydrogen (secondary N) is 2. The number of nitrogens with zero attached hydrogens (tertiary/aromatic N) is 7. The molecule has 1 aliphatic carbocycles. The number of pyridine rings is 1. The molecule has 36 nitrogen and oxygen atoms in total. The molecule has 4 aliphatic heterocycles. The molecule has 36 heteroatoms. The number of carbonyl (C=O) groups is 7. The van der Waals surface area contributed by atoms with Gasteiger partial charge in [-0.05, 0) is 126 Å². The molecule has 0 unspecified atom stereocenters. The van der Waals surface area contributed by atoms with Crippen molar-refractivity contribution in [1.29, 1.82) is 0 Å². The highest BCUT2D eigenvalue weighted by Gasteiger charge is 2.53. The number of allylic oxidation sites excluding steroid dienone is 6. The lowest BCUT2D eigenvalue weighted by Crippen LogP contribution is -2.61. The van der Waals surface area contributed by atoms with Gasteiger partial charge in [-0.25, -0.2) is 29.2 Å². The Balaban J connectivity index is 0.568. The zero-order valence-corrected chi connectivity index (χ0v) is 74.7. The van der Waals surface area contributed by atoms with E-state index in [9.17, 15) is 48.9 Å². The minimum absolute atomic E-state index is 0.00144. The number of nitrogen functional groups attached to an aromatic ring is 1. The maximum absolute atomic E-state index is 14.6. The van der Waals surface area contributed by atoms with Gasteiger partial charge in [-0.2, -0.15) is 5.10 Å². The van der Waals surface area contributed by atoms with Crippen LogP contribution < -0.4 is 16.8 Å². The molecule has 5 aliphatic rings. The first kappa shape index (κ1) is 102. The normalized spacial score (nSPS) is 27.5. The number of aliphatic hydroxyl groups excluding tert-OH is 2. The number of ketones is 3. The van der Waals surface area contributed by atoms with Gasteiger partial charge in [0.2, 0.25) is 11.7 Å². The second-order valence-electron chi connectivity index (χ2n) is 33.2. The first-order valence-corrected chi connectivity index (χ1v) is 44.7. The number of amides is 3. The van der Waals surface area contributed by atoms with Crippen LogP contribution in [-0.4, -0.2) is 329 Å². The van der Waals surface area contributed by atoms with Crippen LogP contribution in [0.25, 0.3) is 33.3 Å². The molecule has 3 amide bonds. The highest BCUT2D eigenvalue weighted by Crippen LogP contribution is 2.39. The number of likely N-dealkylation sites (tertiary alicyclic amines) is 1. The summed E-state index contributed by atoms with van der Waals surface area (Å²) in [5, 5.41) is 43.9. The van der Waals surface area contributed by atoms with Crippen LogP contribution in [0.2, 0.25) is 0 Å². The fourth-order valence-electron chi connectivity index (χ4n) is 16.5. The van der Waals surface area contributed by atoms with Crippen molar-refractivity contribution in [1.82, 2.24) is 44.8 Å². The number of fused-ring (bicyclic) bond motifs is 5. The van der Waals surface area contributed by atoms with Crippen LogP contribution in [0.5, 0.6) is 0 Å². The largest absolute Gasteiger partial charge is 0.459 e. The number of piperidine rings is 2. The maximum Gasteiger partial charge on any atom is 0.407 e. The molecule has 4 aromatic heterocycles. The third-order valence-corrected chi connectivity index (χ3v) is 23.9. The van der Waals surface area contributed by atoms with Crippen molar-refractivity contribution in [2.75, 3.05) is 178 Å². The number of ether oxygens (including phenoxy) is 15. The van der Waals surface area contributed by atoms with Crippen molar-refractivity contribution in [3.8, 4) is 11.3 Å². The second kappa shape index (κ2) is 53.8. The molecule has 8 heterocycles. The summed E-state index contributed by atoms with van der Waals surface area (Å²) in [6.07, 6.45) is 13.6. The van der Waals surface area contributed by atoms with Crippen LogP contribution in [0.15, 0.2) is 78.5 Å². The summed E-state index contributed by atoms with van der Waals surface area (Å²) in [5.41, 5.74) is 17.3. The van der Waals surface area contributed by atoms with Crippen molar-refractivity contribution < 1.29 is 120 Å². The lowest BCUT2D eigenvalue weighted by atomic mass is 9.80. The van der Waals surface area contributed by atoms with Gasteiger partial charge in [-0.15, -0.1) is 0 Å². The third kappa shape index (κ3) is 31.4. The fourth-order valence-corrected chi connectivity index (χ4v) is 16.5. The molecule has 2 bridgehead atoms. The molecule has 126 heavy (non-hydrogen) atoms. The van der Waals surface area contributed by atoms with Crippen LogP contribution in [0, 0.1) is 29.6 Å². The lowest BCUT2D eigenvalue weighted by molar-refractivity contribution is -0.265. The number of rotatable bonds is 41. The van der Waals surface area contributed by atoms with Gasteiger partial charge in [0.25, 0.3) is 11.7 Å². The molecule has 3 saturated heterocycles. The van der Waals surface area contributed by atoms with Crippen molar-refractivity contribution in [3.63, 3.8) is 0 Å². The van der Waals surface area contributed by atoms with E-state index in [1.165, 1.54) is 26.4 Å². The standard InChI is InChI=1S/C90H137N11O25/c1-59-14-10-9-11-15-60(2)74(112-7)55-69-19-17-64(6)90(111,126-69)83(107)87(108)100-27-13-12-16-71(100)88(109)124-75(56-72(102)61(3)51-63(5)81(105)82(106)80(104)62(4)50-59)70(91)52-65-18-20-73(76(53-65)113-8)125-89(110)94-26-31-115-33-35-117-37-39-119-41-43-121-45-47-123-49-48-122-46-44-120-42-40-118-38-36-116-34-32-114-30-24-77(103)99-28-22-68(23-29-99)101-86-78(84(92)96-58-97-86)79(98-101)67-54-66-21-25-93-85(66)95-57-67/h9-11,14-15,21,25,51,54,57-59,61-62,64-65,68-71,73-76,81-82,105-106,111H,12-13,16-20,22-24,26-50,52-53,55-56,91H2,1-8H3,(H,93,95)(H,94,110)(H2,92,96,97)/b11-9+,14-10+,60-15+,63-51+/t59-,61-,62-,64-,65+,69+,70-,71+,73-,74+,75+,76-,81-,82+,90-/m1/s1. The zero-order valence-electron chi connectivity index (χ0n) is 74.7. The zero-order chi connectivity index (χ0) is 90.3. The van der Waals surface area contributed by atoms with E-state index in [1.807, 2.05) is 72.1 Å². The number of esters is 1. The number of H-pyrrole nitrogens is 1. The number of Topliss-reactive ketones (excluding diaryl/α,β-unsaturated/α-hetero) is 3. The van der Waals surface area contributed by atoms with Crippen molar-refractivity contribution in [3.05, 3.63) is 78.5 Å². The molecule has 0 radical (unpaired) electrons. The van der Waals surface area contributed by atoms with E-state index in [0.29, 0.717) is 206 Å². The maximum atomic E-state index is 14.6. The van der Waals surface area contributed by atoms with Crippen molar-refractivity contribution in [2.45, 2.75) is 204 Å². The number of anilines is 1. The Morgan fingerprint density at radius 3 is 1.92 bits per heavy atom. The van der Waals surface area contributed by atoms with E-state index < -0.39 is 120 Å². The van der Waals surface area contributed by atoms with Gasteiger partial charge in [0.1, 0.15) is 59.7 Å². The first-order chi connectivity index (χ1) is 60.9.